The summed E-state index contributed by atoms with van der Waals surface area (Å²) < 4.78 is 0. The van der Waals surface area contributed by atoms with Crippen molar-refractivity contribution >= 4 is 5.91 Å². The number of aliphatic hydroxyl groups excluding tert-OH is 1. The number of carbonyl (C=O) groups is 1. The van der Waals surface area contributed by atoms with Gasteiger partial charge in [0.25, 0.3) is 0 Å². The molecule has 0 aromatic heterocycles. The molecule has 0 aromatic carbocycles. The predicted octanol–water partition coefficient (Wildman–Crippen LogP) is 2.09. The van der Waals surface area contributed by atoms with E-state index in [0.29, 0.717) is 18.8 Å². The summed E-state index contributed by atoms with van der Waals surface area (Å²) in [6.07, 6.45) is 5.80. The SMILES string of the molecule is CCCCC(CC)CNC(=O)CCCO. The molecule has 0 rings (SSSR count). The van der Waals surface area contributed by atoms with Crippen molar-refractivity contribution in [2.75, 3.05) is 13.2 Å². The van der Waals surface area contributed by atoms with Crippen LogP contribution in [0.3, 0.4) is 0 Å². The molecule has 1 unspecified atom stereocenters. The number of aliphatic hydroxyl groups is 1. The van der Waals surface area contributed by atoms with Gasteiger partial charge < -0.3 is 10.4 Å². The maximum absolute atomic E-state index is 11.3. The van der Waals surface area contributed by atoms with Crippen LogP contribution in [0, 0.1) is 5.92 Å². The monoisotopic (exact) mass is 215 g/mol. The van der Waals surface area contributed by atoms with Crippen LogP contribution in [0.25, 0.3) is 0 Å². The van der Waals surface area contributed by atoms with Crippen LogP contribution >= 0.6 is 0 Å². The van der Waals surface area contributed by atoms with Crippen LogP contribution in [0.15, 0.2) is 0 Å². The molecule has 3 nitrogen and oxygen atoms in total. The van der Waals surface area contributed by atoms with Gasteiger partial charge >= 0.3 is 0 Å². The molecule has 0 saturated heterocycles. The van der Waals surface area contributed by atoms with Crippen LogP contribution in [0.2, 0.25) is 0 Å². The quantitative estimate of drug-likeness (QED) is 0.619. The van der Waals surface area contributed by atoms with E-state index in [1.807, 2.05) is 0 Å². The molecule has 0 radical (unpaired) electrons. The minimum atomic E-state index is 0.0685. The molecule has 0 spiro atoms. The van der Waals surface area contributed by atoms with Gasteiger partial charge in [-0.1, -0.05) is 33.1 Å². The van der Waals surface area contributed by atoms with Crippen molar-refractivity contribution in [3.8, 4) is 0 Å². The summed E-state index contributed by atoms with van der Waals surface area (Å²) in [5.41, 5.74) is 0. The third kappa shape index (κ3) is 8.43. The van der Waals surface area contributed by atoms with Gasteiger partial charge in [0.1, 0.15) is 0 Å². The van der Waals surface area contributed by atoms with E-state index in [4.69, 9.17) is 5.11 Å². The zero-order chi connectivity index (χ0) is 11.5. The molecule has 0 saturated carbocycles. The Kier molecular flexibility index (Phi) is 9.59. The molecule has 3 heteroatoms. The number of carbonyl (C=O) groups excluding carboxylic acids is 1. The minimum Gasteiger partial charge on any atom is -0.396 e. The van der Waals surface area contributed by atoms with E-state index >= 15 is 0 Å². The topological polar surface area (TPSA) is 49.3 Å². The Bertz CT molecular complexity index is 160. The smallest absolute Gasteiger partial charge is 0.220 e. The molecule has 90 valence electrons. The van der Waals surface area contributed by atoms with Crippen LogP contribution in [-0.4, -0.2) is 24.2 Å². The average molecular weight is 215 g/mol. The molecule has 0 aliphatic rings. The van der Waals surface area contributed by atoms with Crippen molar-refractivity contribution in [1.82, 2.24) is 5.32 Å². The lowest BCUT2D eigenvalue weighted by atomic mass is 9.99. The Balaban J connectivity index is 3.55. The highest BCUT2D eigenvalue weighted by atomic mass is 16.3. The lowest BCUT2D eigenvalue weighted by Crippen LogP contribution is -2.29. The molecule has 0 aliphatic carbocycles. The summed E-state index contributed by atoms with van der Waals surface area (Å²) in [5, 5.41) is 11.5. The Morgan fingerprint density at radius 2 is 2.07 bits per heavy atom. The Hall–Kier alpha value is -0.570. The summed E-state index contributed by atoms with van der Waals surface area (Å²) in [6.45, 7) is 5.24. The average Bonchev–Trinajstić information content (AvgIpc) is 2.26. The summed E-state index contributed by atoms with van der Waals surface area (Å²) in [7, 11) is 0. The molecule has 2 N–H and O–H groups in total. The van der Waals surface area contributed by atoms with E-state index < -0.39 is 0 Å². The maximum Gasteiger partial charge on any atom is 0.220 e. The fourth-order valence-corrected chi connectivity index (χ4v) is 1.53. The molecule has 0 aliphatic heterocycles. The summed E-state index contributed by atoms with van der Waals surface area (Å²) in [6, 6.07) is 0. The second kappa shape index (κ2) is 9.97. The van der Waals surface area contributed by atoms with Gasteiger partial charge in [-0.25, -0.2) is 0 Å². The van der Waals surface area contributed by atoms with Gasteiger partial charge in [0, 0.05) is 19.6 Å². The van der Waals surface area contributed by atoms with Gasteiger partial charge in [0.15, 0.2) is 0 Å². The van der Waals surface area contributed by atoms with Gasteiger partial charge in [-0.3, -0.25) is 4.79 Å². The fourth-order valence-electron chi connectivity index (χ4n) is 1.53. The van der Waals surface area contributed by atoms with Crippen molar-refractivity contribution in [1.29, 1.82) is 0 Å². The maximum atomic E-state index is 11.3. The van der Waals surface area contributed by atoms with E-state index in [9.17, 15) is 4.79 Å². The molecule has 15 heavy (non-hydrogen) atoms. The highest BCUT2D eigenvalue weighted by molar-refractivity contribution is 5.75. The molecule has 1 atom stereocenters. The van der Waals surface area contributed by atoms with Crippen molar-refractivity contribution < 1.29 is 9.90 Å². The lowest BCUT2D eigenvalue weighted by molar-refractivity contribution is -0.121. The van der Waals surface area contributed by atoms with Gasteiger partial charge in [-0.2, -0.15) is 0 Å². The number of unbranched alkanes of at least 4 members (excludes halogenated alkanes) is 1. The second-order valence-electron chi connectivity index (χ2n) is 4.05. The van der Waals surface area contributed by atoms with Crippen molar-refractivity contribution in [3.05, 3.63) is 0 Å². The van der Waals surface area contributed by atoms with Gasteiger partial charge in [-0.05, 0) is 18.8 Å². The molecule has 0 heterocycles. The largest absolute Gasteiger partial charge is 0.396 e. The Labute approximate surface area is 93.3 Å². The summed E-state index contributed by atoms with van der Waals surface area (Å²) in [4.78, 5) is 11.3. The van der Waals surface area contributed by atoms with Crippen LogP contribution in [0.5, 0.6) is 0 Å². The van der Waals surface area contributed by atoms with E-state index in [1.165, 1.54) is 19.3 Å². The number of nitrogens with one attached hydrogen (secondary N) is 1. The molecule has 0 bridgehead atoms. The normalized spacial score (nSPS) is 12.5. The van der Waals surface area contributed by atoms with Gasteiger partial charge in [0.05, 0.1) is 0 Å². The highest BCUT2D eigenvalue weighted by Gasteiger charge is 2.07. The van der Waals surface area contributed by atoms with E-state index in [0.717, 1.165) is 13.0 Å². The standard InChI is InChI=1S/C12H25NO2/c1-3-5-7-11(4-2)10-13-12(15)8-6-9-14/h11,14H,3-10H2,1-2H3,(H,13,15). The van der Waals surface area contributed by atoms with E-state index in [1.54, 1.807) is 0 Å². The molecular weight excluding hydrogens is 190 g/mol. The first-order valence-corrected chi connectivity index (χ1v) is 6.12. The Morgan fingerprint density at radius 3 is 2.60 bits per heavy atom. The first-order valence-electron chi connectivity index (χ1n) is 6.12. The third-order valence-corrected chi connectivity index (χ3v) is 2.69. The van der Waals surface area contributed by atoms with Crippen molar-refractivity contribution in [2.24, 2.45) is 5.92 Å². The molecule has 0 fully saturated rings. The summed E-state index contributed by atoms with van der Waals surface area (Å²) >= 11 is 0. The number of amides is 1. The Morgan fingerprint density at radius 1 is 1.33 bits per heavy atom. The van der Waals surface area contributed by atoms with E-state index in [-0.39, 0.29) is 12.5 Å². The highest BCUT2D eigenvalue weighted by Crippen LogP contribution is 2.11. The van der Waals surface area contributed by atoms with Crippen LogP contribution in [0.1, 0.15) is 52.4 Å². The van der Waals surface area contributed by atoms with Crippen LogP contribution in [-0.2, 0) is 4.79 Å². The van der Waals surface area contributed by atoms with Crippen molar-refractivity contribution in [3.63, 3.8) is 0 Å². The first-order chi connectivity index (χ1) is 7.24. The minimum absolute atomic E-state index is 0.0685. The number of hydrogen-bond donors (Lipinski definition) is 2. The third-order valence-electron chi connectivity index (χ3n) is 2.69. The zero-order valence-corrected chi connectivity index (χ0v) is 10.1. The number of rotatable bonds is 9. The lowest BCUT2D eigenvalue weighted by Gasteiger charge is -2.15. The predicted molar refractivity (Wildman–Crippen MR) is 62.6 cm³/mol. The van der Waals surface area contributed by atoms with Crippen molar-refractivity contribution in [2.45, 2.75) is 52.4 Å². The van der Waals surface area contributed by atoms with Crippen LogP contribution < -0.4 is 5.32 Å². The van der Waals surface area contributed by atoms with E-state index in [2.05, 4.69) is 19.2 Å². The molecule has 0 aromatic rings. The van der Waals surface area contributed by atoms with Gasteiger partial charge in [-0.15, -0.1) is 0 Å². The van der Waals surface area contributed by atoms with Gasteiger partial charge in [0.2, 0.25) is 5.91 Å². The first kappa shape index (κ1) is 14.4. The number of hydrogen-bond acceptors (Lipinski definition) is 2. The van der Waals surface area contributed by atoms with Crippen LogP contribution in [0.4, 0.5) is 0 Å². The second-order valence-corrected chi connectivity index (χ2v) is 4.05. The fraction of sp³-hybridized carbons (Fsp3) is 0.917. The molecular formula is C12H25NO2. The summed E-state index contributed by atoms with van der Waals surface area (Å²) in [5.74, 6) is 0.682. The molecule has 1 amide bonds. The zero-order valence-electron chi connectivity index (χ0n) is 10.1.